The Labute approximate surface area is 199 Å². The second-order valence-electron chi connectivity index (χ2n) is 10.4. The lowest BCUT2D eigenvalue weighted by Gasteiger charge is -2.70. The minimum absolute atomic E-state index is 0.0109. The summed E-state index contributed by atoms with van der Waals surface area (Å²) in [6, 6.07) is -0.169. The van der Waals surface area contributed by atoms with Crippen molar-refractivity contribution in [3.05, 3.63) is 0 Å². The maximum Gasteiger partial charge on any atom is 0.246 e. The van der Waals surface area contributed by atoms with Crippen LogP contribution in [-0.4, -0.2) is 72.8 Å². The highest BCUT2D eigenvalue weighted by molar-refractivity contribution is 6.21. The van der Waals surface area contributed by atoms with E-state index in [9.17, 15) is 18.8 Å². The third-order valence-corrected chi connectivity index (χ3v) is 8.13. The molecule has 0 aromatic heterocycles. The lowest BCUT2D eigenvalue weighted by molar-refractivity contribution is -0.155. The Morgan fingerprint density at radius 2 is 1.67 bits per heavy atom. The van der Waals surface area contributed by atoms with E-state index in [1.54, 1.807) is 0 Å². The van der Waals surface area contributed by atoms with Gasteiger partial charge in [-0.15, -0.1) is 11.6 Å². The molecule has 0 saturated heterocycles. The van der Waals surface area contributed by atoms with Crippen LogP contribution in [0.1, 0.15) is 64.2 Å². The smallest absolute Gasteiger partial charge is 0.246 e. The molecule has 3 N–H and O–H groups in total. The Balaban J connectivity index is 1.18. The largest absolute Gasteiger partial charge is 0.375 e. The number of carbonyl (C=O) groups is 3. The molecule has 8 nitrogen and oxygen atoms in total. The van der Waals surface area contributed by atoms with Crippen LogP contribution in [0, 0.1) is 5.92 Å². The zero-order valence-corrected chi connectivity index (χ0v) is 19.9. The summed E-state index contributed by atoms with van der Waals surface area (Å²) in [5.74, 6) is -0.661. The molecule has 0 radical (unpaired) electrons. The van der Waals surface area contributed by atoms with Crippen molar-refractivity contribution in [3.63, 3.8) is 0 Å². The Bertz CT molecular complexity index is 749. The molecule has 5 rings (SSSR count). The van der Waals surface area contributed by atoms with Crippen LogP contribution < -0.4 is 16.0 Å². The van der Waals surface area contributed by atoms with E-state index in [1.807, 2.05) is 0 Å². The van der Waals surface area contributed by atoms with Gasteiger partial charge in [-0.3, -0.25) is 14.4 Å². The topological polar surface area (TPSA) is 106 Å². The van der Waals surface area contributed by atoms with Crippen LogP contribution in [0.2, 0.25) is 0 Å². The highest BCUT2D eigenvalue weighted by Gasteiger charge is 2.69. The van der Waals surface area contributed by atoms with Crippen LogP contribution in [0.4, 0.5) is 4.39 Å². The number of hydrogen-bond acceptors (Lipinski definition) is 5. The number of methoxy groups -OCH3 is 1. The van der Waals surface area contributed by atoms with Crippen LogP contribution in [0.5, 0.6) is 0 Å². The van der Waals surface area contributed by atoms with Crippen LogP contribution in [-0.2, 0) is 23.9 Å². The second kappa shape index (κ2) is 10.0. The van der Waals surface area contributed by atoms with Crippen molar-refractivity contribution in [2.45, 2.75) is 99.0 Å². The minimum atomic E-state index is -1.09. The lowest BCUT2D eigenvalue weighted by Crippen LogP contribution is -2.84. The highest BCUT2D eigenvalue weighted by Crippen LogP contribution is 2.60. The van der Waals surface area contributed by atoms with Crippen LogP contribution in [0.25, 0.3) is 0 Å². The van der Waals surface area contributed by atoms with Gasteiger partial charge in [-0.2, -0.15) is 0 Å². The average Bonchev–Trinajstić information content (AvgIpc) is 2.72. The van der Waals surface area contributed by atoms with Crippen molar-refractivity contribution in [2.75, 3.05) is 20.3 Å². The number of ether oxygens (including phenoxy) is 2. The van der Waals surface area contributed by atoms with Crippen LogP contribution in [0.15, 0.2) is 0 Å². The second-order valence-corrected chi connectivity index (χ2v) is 11.0. The number of nitrogens with one attached hydrogen (secondary N) is 3. The number of rotatable bonds is 9. The van der Waals surface area contributed by atoms with Crippen molar-refractivity contribution in [1.82, 2.24) is 16.0 Å². The van der Waals surface area contributed by atoms with Gasteiger partial charge in [-0.1, -0.05) is 12.8 Å². The number of alkyl halides is 2. The number of carbonyl (C=O) groups excluding carboxylic acids is 3. The van der Waals surface area contributed by atoms with Gasteiger partial charge in [-0.05, 0) is 44.9 Å². The fraction of sp³-hybridized carbons (Fsp3) is 0.870. The summed E-state index contributed by atoms with van der Waals surface area (Å²) in [6.07, 6.45) is 5.70. The Morgan fingerprint density at radius 3 is 2.36 bits per heavy atom. The van der Waals surface area contributed by atoms with Gasteiger partial charge in [0.05, 0.1) is 17.4 Å². The molecule has 0 aromatic carbocycles. The average molecular weight is 488 g/mol. The first-order chi connectivity index (χ1) is 15.7. The van der Waals surface area contributed by atoms with E-state index in [1.165, 1.54) is 7.11 Å². The Kier molecular flexibility index (Phi) is 7.50. The van der Waals surface area contributed by atoms with Gasteiger partial charge in [0.15, 0.2) is 0 Å². The monoisotopic (exact) mass is 487 g/mol. The van der Waals surface area contributed by atoms with E-state index in [2.05, 4.69) is 16.0 Å². The van der Waals surface area contributed by atoms with E-state index >= 15 is 0 Å². The van der Waals surface area contributed by atoms with Gasteiger partial charge in [0, 0.05) is 30.7 Å². The highest BCUT2D eigenvalue weighted by atomic mass is 35.5. The van der Waals surface area contributed by atoms with Gasteiger partial charge in [0.2, 0.25) is 17.7 Å². The fourth-order valence-electron chi connectivity index (χ4n) is 6.12. The molecule has 0 spiro atoms. The fourth-order valence-corrected chi connectivity index (χ4v) is 6.35. The summed E-state index contributed by atoms with van der Waals surface area (Å²) in [6.45, 7) is -0.0978. The first-order valence-corrected chi connectivity index (χ1v) is 12.5. The number of hydrogen-bond donors (Lipinski definition) is 3. The molecular weight excluding hydrogens is 453 g/mol. The van der Waals surface area contributed by atoms with E-state index in [0.717, 1.165) is 25.7 Å². The van der Waals surface area contributed by atoms with E-state index in [-0.39, 0.29) is 66.5 Å². The molecule has 5 aliphatic rings. The molecule has 5 atom stereocenters. The molecule has 5 fully saturated rings. The van der Waals surface area contributed by atoms with E-state index < -0.39 is 11.5 Å². The third-order valence-electron chi connectivity index (χ3n) is 7.64. The molecule has 0 aromatic rings. The van der Waals surface area contributed by atoms with Gasteiger partial charge >= 0.3 is 0 Å². The molecule has 5 unspecified atom stereocenters. The summed E-state index contributed by atoms with van der Waals surface area (Å²) >= 11 is 5.89. The third kappa shape index (κ3) is 5.62. The molecule has 3 amide bonds. The first kappa shape index (κ1) is 24.7. The van der Waals surface area contributed by atoms with Crippen molar-refractivity contribution in [1.29, 1.82) is 0 Å². The van der Waals surface area contributed by atoms with E-state index in [4.69, 9.17) is 21.1 Å². The quantitative estimate of drug-likeness (QED) is 0.429. The van der Waals surface area contributed by atoms with Gasteiger partial charge in [0.25, 0.3) is 0 Å². The Morgan fingerprint density at radius 1 is 0.970 bits per heavy atom. The van der Waals surface area contributed by atoms with Crippen molar-refractivity contribution >= 4 is 29.3 Å². The van der Waals surface area contributed by atoms with Crippen molar-refractivity contribution in [2.24, 2.45) is 5.92 Å². The maximum atomic E-state index is 13.7. The number of halogens is 2. The SMILES string of the molecule is COCC(=O)NC1CCCCC1C(=O)NC12CC(NC(=O)COC3CCC(Cl)C(F)C3)(C1)C2. The molecule has 0 heterocycles. The molecule has 186 valence electrons. The molecule has 5 saturated carbocycles. The summed E-state index contributed by atoms with van der Waals surface area (Å²) in [7, 11) is 1.47. The standard InChI is InChI=1S/C23H35ClFN3O5/c1-32-9-19(29)26-18-5-3-2-4-15(18)21(31)28-23-11-22(12-23,13-23)27-20(30)10-33-14-6-7-16(24)17(25)8-14/h14-18H,2-13H2,1H3,(H,26,29)(H,27,30)(H,28,31). The van der Waals surface area contributed by atoms with Gasteiger partial charge in [0.1, 0.15) is 19.4 Å². The molecule has 10 heteroatoms. The van der Waals surface area contributed by atoms with E-state index in [0.29, 0.717) is 32.1 Å². The zero-order chi connectivity index (χ0) is 23.6. The summed E-state index contributed by atoms with van der Waals surface area (Å²) in [5, 5.41) is 8.71. The molecule has 5 aliphatic carbocycles. The lowest BCUT2D eigenvalue weighted by atomic mass is 9.44. The predicted octanol–water partition coefficient (Wildman–Crippen LogP) is 1.73. The Hall–Kier alpha value is -1.45. The molecule has 2 bridgehead atoms. The maximum absolute atomic E-state index is 13.7. The summed E-state index contributed by atoms with van der Waals surface area (Å²) in [4.78, 5) is 37.3. The van der Waals surface area contributed by atoms with Gasteiger partial charge in [-0.25, -0.2) is 4.39 Å². The first-order valence-electron chi connectivity index (χ1n) is 12.0. The predicted molar refractivity (Wildman–Crippen MR) is 119 cm³/mol. The summed E-state index contributed by atoms with van der Waals surface area (Å²) < 4.78 is 24.2. The zero-order valence-electron chi connectivity index (χ0n) is 19.2. The molecule has 33 heavy (non-hydrogen) atoms. The van der Waals surface area contributed by atoms with Gasteiger partial charge < -0.3 is 25.4 Å². The molecule has 0 aliphatic heterocycles. The number of amides is 3. The minimum Gasteiger partial charge on any atom is -0.375 e. The van der Waals surface area contributed by atoms with Crippen molar-refractivity contribution in [3.8, 4) is 0 Å². The molecular formula is C23H35ClFN3O5. The van der Waals surface area contributed by atoms with Crippen molar-refractivity contribution < 1.29 is 28.2 Å². The van der Waals surface area contributed by atoms with Crippen LogP contribution in [0.3, 0.4) is 0 Å². The van der Waals surface area contributed by atoms with Crippen LogP contribution >= 0.6 is 11.6 Å². The normalized spacial score (nSPS) is 39.5. The summed E-state index contributed by atoms with van der Waals surface area (Å²) in [5.41, 5.74) is -0.535.